The highest BCUT2D eigenvalue weighted by Gasteiger charge is 2.14. The van der Waals surface area contributed by atoms with E-state index in [1.807, 2.05) is 18.2 Å². The number of carboxylic acid groups (broad SMARTS) is 1. The van der Waals surface area contributed by atoms with Crippen molar-refractivity contribution in [2.24, 2.45) is 0 Å². The number of carboxylic acids is 1. The number of benzene rings is 1. The van der Waals surface area contributed by atoms with E-state index in [0.29, 0.717) is 6.54 Å². The van der Waals surface area contributed by atoms with Crippen LogP contribution in [0.5, 0.6) is 0 Å². The number of nitrogens with zero attached hydrogens (tertiary/aromatic N) is 2. The first-order valence-electron chi connectivity index (χ1n) is 6.22. The molecule has 2 rings (SSSR count). The van der Waals surface area contributed by atoms with Crippen LogP contribution < -0.4 is 0 Å². The predicted octanol–water partition coefficient (Wildman–Crippen LogP) is 2.04. The molecule has 0 bridgehead atoms. The Morgan fingerprint density at radius 1 is 1.38 bits per heavy atom. The normalized spacial score (nSPS) is 10.7. The van der Waals surface area contributed by atoms with Crippen molar-refractivity contribution in [2.45, 2.75) is 6.54 Å². The van der Waals surface area contributed by atoms with Crippen molar-refractivity contribution in [3.63, 3.8) is 0 Å². The summed E-state index contributed by atoms with van der Waals surface area (Å²) in [5.74, 6) is -1.24. The number of amides is 1. The topological polar surface area (TPSA) is 83.6 Å². The molecule has 0 radical (unpaired) electrons. The molecule has 0 unspecified atom stereocenters. The molecule has 2 aromatic rings. The summed E-state index contributed by atoms with van der Waals surface area (Å²) in [6.45, 7) is 0.389. The van der Waals surface area contributed by atoms with Crippen LogP contribution in [0.25, 0.3) is 6.08 Å². The van der Waals surface area contributed by atoms with E-state index < -0.39 is 5.97 Å². The minimum Gasteiger partial charge on any atom is -0.478 e. The maximum Gasteiger partial charge on any atom is 0.328 e. The minimum atomic E-state index is -1.00. The van der Waals surface area contributed by atoms with E-state index >= 15 is 0 Å². The molecule has 6 nitrogen and oxygen atoms in total. The summed E-state index contributed by atoms with van der Waals surface area (Å²) in [6, 6.07) is 8.80. The van der Waals surface area contributed by atoms with Gasteiger partial charge in [-0.1, -0.05) is 23.4 Å². The van der Waals surface area contributed by atoms with E-state index in [9.17, 15) is 9.59 Å². The van der Waals surface area contributed by atoms with E-state index in [0.717, 1.165) is 17.2 Å². The Morgan fingerprint density at radius 2 is 2.19 bits per heavy atom. The average Bonchev–Trinajstić information content (AvgIpc) is 2.98. The van der Waals surface area contributed by atoms with Crippen LogP contribution in [-0.2, 0) is 11.3 Å². The monoisotopic (exact) mass is 286 g/mol. The highest BCUT2D eigenvalue weighted by atomic mass is 16.5. The molecule has 1 aromatic heterocycles. The van der Waals surface area contributed by atoms with Crippen molar-refractivity contribution in [3.05, 3.63) is 59.5 Å². The molecule has 1 aromatic carbocycles. The maximum atomic E-state index is 12.0. The molecule has 1 heterocycles. The van der Waals surface area contributed by atoms with E-state index in [2.05, 4.69) is 9.68 Å². The lowest BCUT2D eigenvalue weighted by Gasteiger charge is -2.15. The van der Waals surface area contributed by atoms with Crippen molar-refractivity contribution in [2.75, 3.05) is 7.05 Å². The Morgan fingerprint density at radius 3 is 2.86 bits per heavy atom. The van der Waals surface area contributed by atoms with Crippen LogP contribution >= 0.6 is 0 Å². The first-order chi connectivity index (χ1) is 10.1. The fourth-order valence-corrected chi connectivity index (χ4v) is 1.83. The van der Waals surface area contributed by atoms with E-state index in [1.54, 1.807) is 13.1 Å². The lowest BCUT2D eigenvalue weighted by atomic mass is 10.1. The van der Waals surface area contributed by atoms with Gasteiger partial charge >= 0.3 is 5.97 Å². The molecule has 21 heavy (non-hydrogen) atoms. The van der Waals surface area contributed by atoms with Crippen molar-refractivity contribution in [1.29, 1.82) is 0 Å². The smallest absolute Gasteiger partial charge is 0.328 e. The second-order valence-corrected chi connectivity index (χ2v) is 4.46. The average molecular weight is 286 g/mol. The molecule has 0 aliphatic rings. The van der Waals surface area contributed by atoms with Crippen LogP contribution in [0.2, 0.25) is 0 Å². The molecule has 6 heteroatoms. The molecule has 0 saturated heterocycles. The summed E-state index contributed by atoms with van der Waals surface area (Å²) in [7, 11) is 1.66. The van der Waals surface area contributed by atoms with Crippen LogP contribution in [0, 0.1) is 0 Å². The highest BCUT2D eigenvalue weighted by Crippen LogP contribution is 2.11. The Bertz CT molecular complexity index is 662. The van der Waals surface area contributed by atoms with Crippen molar-refractivity contribution in [1.82, 2.24) is 10.1 Å². The van der Waals surface area contributed by atoms with Crippen LogP contribution in [0.3, 0.4) is 0 Å². The Labute approximate surface area is 121 Å². The first-order valence-corrected chi connectivity index (χ1v) is 6.22. The Hall–Kier alpha value is -2.89. The molecule has 0 aliphatic heterocycles. The fourth-order valence-electron chi connectivity index (χ4n) is 1.83. The van der Waals surface area contributed by atoms with Gasteiger partial charge in [-0.15, -0.1) is 0 Å². The number of hydrogen-bond acceptors (Lipinski definition) is 4. The van der Waals surface area contributed by atoms with Gasteiger partial charge in [-0.05, 0) is 23.3 Å². The molecule has 0 fully saturated rings. The van der Waals surface area contributed by atoms with Crippen molar-refractivity contribution >= 4 is 18.0 Å². The largest absolute Gasteiger partial charge is 0.478 e. The second kappa shape index (κ2) is 6.51. The SMILES string of the molecule is CN(Cc1cccc(C=CC(=O)O)c1)C(=O)c1ccon1. The van der Waals surface area contributed by atoms with E-state index in [-0.39, 0.29) is 11.6 Å². The second-order valence-electron chi connectivity index (χ2n) is 4.46. The lowest BCUT2D eigenvalue weighted by Crippen LogP contribution is -2.26. The number of carbonyl (C=O) groups is 2. The minimum absolute atomic E-state index is 0.241. The maximum absolute atomic E-state index is 12.0. The molecule has 0 spiro atoms. The van der Waals surface area contributed by atoms with Crippen molar-refractivity contribution < 1.29 is 19.2 Å². The number of aromatic nitrogens is 1. The Balaban J connectivity index is 2.07. The molecule has 0 saturated carbocycles. The number of aliphatic carboxylic acids is 1. The molecule has 1 N–H and O–H groups in total. The first kappa shape index (κ1) is 14.5. The quantitative estimate of drug-likeness (QED) is 0.850. The van der Waals surface area contributed by atoms with Gasteiger partial charge in [-0.25, -0.2) is 4.79 Å². The molecule has 1 amide bonds. The summed E-state index contributed by atoms with van der Waals surface area (Å²) < 4.78 is 4.65. The zero-order chi connectivity index (χ0) is 15.2. The standard InChI is InChI=1S/C15H14N2O4/c1-17(15(20)13-7-8-21-16-13)10-12-4-2-3-11(9-12)5-6-14(18)19/h2-9H,10H2,1H3,(H,18,19). The van der Waals surface area contributed by atoms with Gasteiger partial charge in [0.25, 0.3) is 5.91 Å². The van der Waals surface area contributed by atoms with Gasteiger partial charge in [-0.2, -0.15) is 0 Å². The summed E-state index contributed by atoms with van der Waals surface area (Å²) in [6.07, 6.45) is 3.92. The van der Waals surface area contributed by atoms with Crippen molar-refractivity contribution in [3.8, 4) is 0 Å². The fraction of sp³-hybridized carbons (Fsp3) is 0.133. The third-order valence-corrected chi connectivity index (χ3v) is 2.79. The van der Waals surface area contributed by atoms with E-state index in [4.69, 9.17) is 5.11 Å². The third-order valence-electron chi connectivity index (χ3n) is 2.79. The summed E-state index contributed by atoms with van der Waals surface area (Å²) in [5, 5.41) is 12.2. The number of rotatable bonds is 5. The van der Waals surface area contributed by atoms with Gasteiger partial charge in [-0.3, -0.25) is 4.79 Å². The third kappa shape index (κ3) is 4.04. The van der Waals surface area contributed by atoms with Crippen LogP contribution in [0.4, 0.5) is 0 Å². The summed E-state index contributed by atoms with van der Waals surface area (Å²) in [4.78, 5) is 24.0. The summed E-state index contributed by atoms with van der Waals surface area (Å²) >= 11 is 0. The van der Waals surface area contributed by atoms with Crippen LogP contribution in [0.1, 0.15) is 21.6 Å². The number of hydrogen-bond donors (Lipinski definition) is 1. The molecular formula is C15H14N2O4. The van der Waals surface area contributed by atoms with Gasteiger partial charge in [0.2, 0.25) is 0 Å². The molecule has 0 atom stereocenters. The Kier molecular flexibility index (Phi) is 4.50. The van der Waals surface area contributed by atoms with Gasteiger partial charge in [0, 0.05) is 25.7 Å². The van der Waals surface area contributed by atoms with Gasteiger partial charge < -0.3 is 14.5 Å². The zero-order valence-corrected chi connectivity index (χ0v) is 11.4. The lowest BCUT2D eigenvalue weighted by molar-refractivity contribution is -0.131. The molecule has 108 valence electrons. The summed E-state index contributed by atoms with van der Waals surface area (Å²) in [5.41, 5.74) is 1.90. The molecule has 0 aliphatic carbocycles. The highest BCUT2D eigenvalue weighted by molar-refractivity contribution is 5.91. The predicted molar refractivity (Wildman–Crippen MR) is 75.4 cm³/mol. The van der Waals surface area contributed by atoms with Gasteiger partial charge in [0.05, 0.1) is 0 Å². The van der Waals surface area contributed by atoms with E-state index in [1.165, 1.54) is 23.3 Å². The van der Waals surface area contributed by atoms with Crippen LogP contribution in [-0.4, -0.2) is 34.1 Å². The number of carbonyl (C=O) groups excluding carboxylic acids is 1. The van der Waals surface area contributed by atoms with Gasteiger partial charge in [0.15, 0.2) is 5.69 Å². The molecular weight excluding hydrogens is 272 g/mol. The van der Waals surface area contributed by atoms with Crippen LogP contribution in [0.15, 0.2) is 47.2 Å². The zero-order valence-electron chi connectivity index (χ0n) is 11.4. The van der Waals surface area contributed by atoms with Gasteiger partial charge in [0.1, 0.15) is 6.26 Å².